The molecule has 1 aromatic carbocycles. The summed E-state index contributed by atoms with van der Waals surface area (Å²) in [6.45, 7) is 1.87. The molecular weight excluding hydrogens is 515 g/mol. The Morgan fingerprint density at radius 2 is 1.97 bits per heavy atom. The highest BCUT2D eigenvalue weighted by Gasteiger charge is 2.56. The number of hydrazone groups is 1. The number of ether oxygens (including phenoxy) is 1. The van der Waals surface area contributed by atoms with E-state index in [1.165, 1.54) is 36.9 Å². The highest BCUT2D eigenvalue weighted by atomic mass is 19.3. The number of pyridine rings is 1. The van der Waals surface area contributed by atoms with Gasteiger partial charge in [-0.3, -0.25) is 19.4 Å². The van der Waals surface area contributed by atoms with Gasteiger partial charge in [0.05, 0.1) is 17.0 Å². The largest absolute Gasteiger partial charge is 0.493 e. The van der Waals surface area contributed by atoms with Crippen molar-refractivity contribution in [2.24, 2.45) is 27.6 Å². The van der Waals surface area contributed by atoms with Crippen LogP contribution in [0.25, 0.3) is 0 Å². The van der Waals surface area contributed by atoms with Gasteiger partial charge in [0.15, 0.2) is 0 Å². The van der Waals surface area contributed by atoms with Crippen LogP contribution in [0.15, 0.2) is 53.8 Å². The van der Waals surface area contributed by atoms with E-state index < -0.39 is 53.3 Å². The van der Waals surface area contributed by atoms with Crippen LogP contribution in [-0.2, 0) is 20.8 Å². The van der Waals surface area contributed by atoms with Gasteiger partial charge in [-0.15, -0.1) is 0 Å². The summed E-state index contributed by atoms with van der Waals surface area (Å²) >= 11 is 0. The molecule has 0 spiro atoms. The van der Waals surface area contributed by atoms with Crippen LogP contribution in [0.1, 0.15) is 26.0 Å². The average molecular weight is 546 g/mol. The first-order valence-electron chi connectivity index (χ1n) is 12.5. The van der Waals surface area contributed by atoms with Gasteiger partial charge >= 0.3 is 0 Å². The fourth-order valence-electron chi connectivity index (χ4n) is 4.96. The summed E-state index contributed by atoms with van der Waals surface area (Å²) in [5.41, 5.74) is 3.84. The SMILES string of the molecule is CC(C)(C(N)=O)[C@H](COc1cccc(F)c1)C(=O)N1CCC2=NN(CC(F)F)C(=O)[C@]2(Cc2ccccn2)C1. The second kappa shape index (κ2) is 11.0. The smallest absolute Gasteiger partial charge is 0.258 e. The van der Waals surface area contributed by atoms with Crippen molar-refractivity contribution < 1.29 is 32.3 Å². The highest BCUT2D eigenvalue weighted by Crippen LogP contribution is 2.40. The molecule has 1 aromatic heterocycles. The van der Waals surface area contributed by atoms with E-state index in [1.54, 1.807) is 24.4 Å². The lowest BCUT2D eigenvalue weighted by atomic mass is 9.72. The van der Waals surface area contributed by atoms with Crippen molar-refractivity contribution in [3.63, 3.8) is 0 Å². The number of primary amides is 1. The first kappa shape index (κ1) is 28.1. The first-order chi connectivity index (χ1) is 18.4. The topological polar surface area (TPSA) is 118 Å². The lowest BCUT2D eigenvalue weighted by Gasteiger charge is -2.42. The Kier molecular flexibility index (Phi) is 7.94. The molecule has 1 fully saturated rings. The fourth-order valence-corrected chi connectivity index (χ4v) is 4.96. The maximum atomic E-state index is 14.0. The molecule has 2 aliphatic rings. The number of hydrogen-bond acceptors (Lipinski definition) is 6. The molecule has 2 atom stereocenters. The number of halogens is 3. The molecule has 4 rings (SSSR count). The van der Waals surface area contributed by atoms with E-state index in [2.05, 4.69) is 10.1 Å². The number of amides is 3. The number of rotatable bonds is 10. The number of carbonyl (C=O) groups excluding carboxylic acids is 3. The van der Waals surface area contributed by atoms with Gasteiger partial charge in [-0.2, -0.15) is 5.10 Å². The van der Waals surface area contributed by atoms with Gasteiger partial charge in [-0.1, -0.05) is 26.0 Å². The third-order valence-electron chi connectivity index (χ3n) is 7.37. The Labute approximate surface area is 223 Å². The van der Waals surface area contributed by atoms with Crippen LogP contribution in [0.5, 0.6) is 5.75 Å². The molecule has 39 heavy (non-hydrogen) atoms. The number of piperidine rings is 1. The van der Waals surface area contributed by atoms with Crippen LogP contribution in [-0.4, -0.2) is 71.0 Å². The Hall–Kier alpha value is -3.96. The minimum Gasteiger partial charge on any atom is -0.493 e. The van der Waals surface area contributed by atoms with Crippen molar-refractivity contribution in [3.05, 3.63) is 60.2 Å². The van der Waals surface area contributed by atoms with Crippen molar-refractivity contribution >= 4 is 23.4 Å². The van der Waals surface area contributed by atoms with Gasteiger partial charge in [0, 0.05) is 43.9 Å². The molecule has 12 heteroatoms. The molecular formula is C27H30F3N5O4. The molecule has 0 unspecified atom stereocenters. The monoisotopic (exact) mass is 545 g/mol. The van der Waals surface area contributed by atoms with E-state index in [0.29, 0.717) is 11.4 Å². The molecule has 3 heterocycles. The van der Waals surface area contributed by atoms with Crippen LogP contribution in [0.3, 0.4) is 0 Å². The van der Waals surface area contributed by atoms with Crippen molar-refractivity contribution in [2.45, 2.75) is 33.1 Å². The average Bonchev–Trinajstić information content (AvgIpc) is 3.14. The van der Waals surface area contributed by atoms with Crippen LogP contribution in [0, 0.1) is 22.6 Å². The van der Waals surface area contributed by atoms with E-state index in [-0.39, 0.29) is 38.3 Å². The van der Waals surface area contributed by atoms with Crippen molar-refractivity contribution in [3.8, 4) is 5.75 Å². The molecule has 1 saturated heterocycles. The van der Waals surface area contributed by atoms with Crippen molar-refractivity contribution in [1.82, 2.24) is 14.9 Å². The fraction of sp³-hybridized carbons (Fsp3) is 0.444. The molecule has 208 valence electrons. The molecule has 0 bridgehead atoms. The second-order valence-corrected chi connectivity index (χ2v) is 10.3. The number of aromatic nitrogens is 1. The van der Waals surface area contributed by atoms with E-state index in [0.717, 1.165) is 11.1 Å². The summed E-state index contributed by atoms with van der Waals surface area (Å²) < 4.78 is 45.8. The summed E-state index contributed by atoms with van der Waals surface area (Å²) in [5.74, 6) is -3.33. The number of likely N-dealkylation sites (tertiary alicyclic amines) is 1. The molecule has 2 N–H and O–H groups in total. The zero-order valence-corrected chi connectivity index (χ0v) is 21.6. The van der Waals surface area contributed by atoms with Crippen molar-refractivity contribution in [2.75, 3.05) is 26.2 Å². The summed E-state index contributed by atoms with van der Waals surface area (Å²) in [5, 5.41) is 4.99. The molecule has 2 aromatic rings. The number of hydrogen-bond donors (Lipinski definition) is 1. The molecule has 9 nitrogen and oxygen atoms in total. The van der Waals surface area contributed by atoms with Crippen LogP contribution in [0.4, 0.5) is 13.2 Å². The minimum atomic E-state index is -2.79. The lowest BCUT2D eigenvalue weighted by molar-refractivity contribution is -0.150. The van der Waals surface area contributed by atoms with E-state index in [4.69, 9.17) is 10.5 Å². The lowest BCUT2D eigenvalue weighted by Crippen LogP contribution is -2.59. The van der Waals surface area contributed by atoms with E-state index >= 15 is 0 Å². The zero-order valence-electron chi connectivity index (χ0n) is 21.6. The van der Waals surface area contributed by atoms with E-state index in [9.17, 15) is 27.6 Å². The maximum absolute atomic E-state index is 14.0. The van der Waals surface area contributed by atoms with Crippen LogP contribution in [0.2, 0.25) is 0 Å². The number of carbonyl (C=O) groups is 3. The third kappa shape index (κ3) is 5.74. The predicted molar refractivity (Wildman–Crippen MR) is 135 cm³/mol. The number of alkyl halides is 2. The quantitative estimate of drug-likeness (QED) is 0.493. The highest BCUT2D eigenvalue weighted by molar-refractivity contribution is 6.13. The van der Waals surface area contributed by atoms with Gasteiger partial charge in [0.25, 0.3) is 12.3 Å². The zero-order chi connectivity index (χ0) is 28.4. The Morgan fingerprint density at radius 1 is 1.21 bits per heavy atom. The Morgan fingerprint density at radius 3 is 2.62 bits per heavy atom. The number of nitrogens with two attached hydrogens (primary N) is 1. The molecule has 0 radical (unpaired) electrons. The summed E-state index contributed by atoms with van der Waals surface area (Å²) in [6.07, 6.45) is -1.01. The Balaban J connectivity index is 1.64. The van der Waals surface area contributed by atoms with Crippen molar-refractivity contribution in [1.29, 1.82) is 0 Å². The molecule has 0 saturated carbocycles. The normalized spacial score (nSPS) is 20.1. The minimum absolute atomic E-state index is 0.0543. The number of benzene rings is 1. The third-order valence-corrected chi connectivity index (χ3v) is 7.37. The second-order valence-electron chi connectivity index (χ2n) is 10.3. The summed E-state index contributed by atoms with van der Waals surface area (Å²) in [7, 11) is 0. The van der Waals surface area contributed by atoms with Gasteiger partial charge in [0.1, 0.15) is 30.1 Å². The van der Waals surface area contributed by atoms with Crippen LogP contribution < -0.4 is 10.5 Å². The van der Waals surface area contributed by atoms with Gasteiger partial charge in [0.2, 0.25) is 11.8 Å². The molecule has 0 aliphatic carbocycles. The standard InChI is InChI=1S/C27H30F3N5O4/c1-26(2,24(31)37)20(15-39-19-8-5-6-17(28)12-19)23(36)34-11-9-21-27(16-34,13-18-7-3-4-10-32-18)25(38)35(33-21)14-22(29)30/h3-8,10,12,20,22H,9,11,13-16H2,1-2H3,(H2,31,37)/t20-,27-/m1/s1. The first-order valence-corrected chi connectivity index (χ1v) is 12.5. The number of fused-ring (bicyclic) bond motifs is 1. The maximum Gasteiger partial charge on any atom is 0.258 e. The van der Waals surface area contributed by atoms with Gasteiger partial charge < -0.3 is 15.4 Å². The summed E-state index contributed by atoms with van der Waals surface area (Å²) in [4.78, 5) is 45.6. The van der Waals surface area contributed by atoms with Gasteiger partial charge in [-0.05, 0) is 24.3 Å². The van der Waals surface area contributed by atoms with E-state index in [1.807, 2.05) is 0 Å². The molecule has 3 amide bonds. The number of nitrogens with zero attached hydrogens (tertiary/aromatic N) is 4. The molecule has 2 aliphatic heterocycles. The Bertz CT molecular complexity index is 1270. The van der Waals surface area contributed by atoms with Crippen LogP contribution >= 0.6 is 0 Å². The predicted octanol–water partition coefficient (Wildman–Crippen LogP) is 2.65. The van der Waals surface area contributed by atoms with Gasteiger partial charge in [-0.25, -0.2) is 18.2 Å². The summed E-state index contributed by atoms with van der Waals surface area (Å²) in [6, 6.07) is 10.5.